The Morgan fingerprint density at radius 2 is 2.15 bits per heavy atom. The molecule has 3 aromatic rings. The molecule has 2 fully saturated rings. The topological polar surface area (TPSA) is 47.2 Å². The quantitative estimate of drug-likeness (QED) is 0.759. The molecule has 134 valence electrons. The molecule has 2 heterocycles. The van der Waals surface area contributed by atoms with Crippen molar-refractivity contribution in [1.29, 1.82) is 0 Å². The van der Waals surface area contributed by atoms with Crippen LogP contribution in [0, 0.1) is 17.7 Å². The molecule has 0 spiro atoms. The van der Waals surface area contributed by atoms with Crippen LogP contribution in [0.4, 0.5) is 4.39 Å². The van der Waals surface area contributed by atoms with Gasteiger partial charge in [0.25, 0.3) is 5.91 Å². The number of aromatic nitrogens is 1. The predicted molar refractivity (Wildman–Crippen MR) is 96.4 cm³/mol. The molecule has 0 saturated heterocycles. The number of hydrogen-bond acceptors (Lipinski definition) is 2. The Hall–Kier alpha value is -2.56. The highest BCUT2D eigenvalue weighted by atomic mass is 19.1. The molecule has 0 unspecified atom stereocenters. The molecule has 3 atom stereocenters. The third-order valence-electron chi connectivity index (χ3n) is 6.02. The number of amides is 1. The largest absolute Gasteiger partial charge is 0.448 e. The van der Waals surface area contributed by atoms with Gasteiger partial charge in [0.15, 0.2) is 0 Å². The maximum Gasteiger partial charge on any atom is 0.268 e. The number of nitrogens with zero attached hydrogens (tertiary/aromatic N) is 1. The van der Waals surface area contributed by atoms with Gasteiger partial charge in [-0.3, -0.25) is 4.79 Å². The number of carbonyl (C=O) groups excluding carboxylic acids is 1. The predicted octanol–water partition coefficient (Wildman–Crippen LogP) is 4.34. The first kappa shape index (κ1) is 15.7. The van der Waals surface area contributed by atoms with Crippen LogP contribution in [-0.2, 0) is 6.54 Å². The molecule has 2 aliphatic rings. The zero-order valence-electron chi connectivity index (χ0n) is 14.5. The number of nitrogens with one attached hydrogen (secondary N) is 1. The fourth-order valence-electron chi connectivity index (χ4n) is 4.80. The van der Waals surface area contributed by atoms with Gasteiger partial charge >= 0.3 is 0 Å². The lowest BCUT2D eigenvalue weighted by Crippen LogP contribution is -2.39. The van der Waals surface area contributed by atoms with E-state index in [-0.39, 0.29) is 17.8 Å². The van der Waals surface area contributed by atoms with Gasteiger partial charge in [-0.05, 0) is 60.9 Å². The fraction of sp³-hybridized carbons (Fsp3) is 0.381. The van der Waals surface area contributed by atoms with E-state index in [1.165, 1.54) is 31.4 Å². The van der Waals surface area contributed by atoms with Gasteiger partial charge in [-0.2, -0.15) is 0 Å². The van der Waals surface area contributed by atoms with Gasteiger partial charge in [-0.15, -0.1) is 0 Å². The summed E-state index contributed by atoms with van der Waals surface area (Å²) in [5.41, 5.74) is 2.02. The van der Waals surface area contributed by atoms with Crippen molar-refractivity contribution in [2.75, 3.05) is 0 Å². The molecule has 0 aliphatic heterocycles. The zero-order chi connectivity index (χ0) is 17.7. The molecule has 4 nitrogen and oxygen atoms in total. The average molecular weight is 352 g/mol. The molecule has 26 heavy (non-hydrogen) atoms. The summed E-state index contributed by atoms with van der Waals surface area (Å²) in [5.74, 6) is 1.06. The third-order valence-corrected chi connectivity index (χ3v) is 6.02. The third kappa shape index (κ3) is 2.62. The van der Waals surface area contributed by atoms with Crippen LogP contribution < -0.4 is 5.32 Å². The van der Waals surface area contributed by atoms with Crippen LogP contribution in [0.15, 0.2) is 47.1 Å². The summed E-state index contributed by atoms with van der Waals surface area (Å²) < 4.78 is 21.0. The molecule has 2 saturated carbocycles. The minimum Gasteiger partial charge on any atom is -0.448 e. The standard InChI is InChI=1S/C21H21FN2O2/c22-17-3-1-2-14(9-17)12-24-19(11-16-6-7-26-21(16)24)20(25)23-18-10-13-4-5-15(18)8-13/h1-3,6-7,9,11,13,15,18H,4-5,8,10,12H2,(H,23,25)/t13-,15+,18-/m0/s1. The minimum atomic E-state index is -0.279. The summed E-state index contributed by atoms with van der Waals surface area (Å²) in [6.07, 6.45) is 6.49. The summed E-state index contributed by atoms with van der Waals surface area (Å²) in [4.78, 5) is 13.0. The molecule has 1 amide bonds. The van der Waals surface area contributed by atoms with Crippen LogP contribution in [0.5, 0.6) is 0 Å². The lowest BCUT2D eigenvalue weighted by molar-refractivity contribution is 0.0914. The highest BCUT2D eigenvalue weighted by Crippen LogP contribution is 2.44. The van der Waals surface area contributed by atoms with Crippen molar-refractivity contribution in [3.05, 3.63) is 59.7 Å². The van der Waals surface area contributed by atoms with E-state index in [1.807, 2.05) is 22.8 Å². The molecule has 5 rings (SSSR count). The molecule has 1 aromatic carbocycles. The van der Waals surface area contributed by atoms with Crippen molar-refractivity contribution in [3.63, 3.8) is 0 Å². The smallest absolute Gasteiger partial charge is 0.268 e. The first-order valence-corrected chi connectivity index (χ1v) is 9.29. The van der Waals surface area contributed by atoms with E-state index in [0.717, 1.165) is 23.3 Å². The van der Waals surface area contributed by atoms with Crippen LogP contribution >= 0.6 is 0 Å². The van der Waals surface area contributed by atoms with Gasteiger partial charge in [-0.25, -0.2) is 4.39 Å². The Balaban J connectivity index is 1.45. The van der Waals surface area contributed by atoms with Gasteiger partial charge < -0.3 is 14.3 Å². The van der Waals surface area contributed by atoms with Crippen LogP contribution in [-0.4, -0.2) is 16.5 Å². The van der Waals surface area contributed by atoms with E-state index in [2.05, 4.69) is 5.32 Å². The first-order chi connectivity index (χ1) is 12.7. The Morgan fingerprint density at radius 3 is 2.92 bits per heavy atom. The van der Waals surface area contributed by atoms with Crippen LogP contribution in [0.2, 0.25) is 0 Å². The summed E-state index contributed by atoms with van der Waals surface area (Å²) in [7, 11) is 0. The molecular formula is C21H21FN2O2. The second-order valence-electron chi connectivity index (χ2n) is 7.68. The number of furan rings is 1. The van der Waals surface area contributed by atoms with Crippen molar-refractivity contribution in [2.24, 2.45) is 11.8 Å². The molecule has 2 aromatic heterocycles. The number of benzene rings is 1. The van der Waals surface area contributed by atoms with E-state index in [1.54, 1.807) is 12.3 Å². The van der Waals surface area contributed by atoms with E-state index >= 15 is 0 Å². The van der Waals surface area contributed by atoms with Crippen LogP contribution in [0.25, 0.3) is 11.1 Å². The summed E-state index contributed by atoms with van der Waals surface area (Å²) in [5, 5.41) is 4.13. The van der Waals surface area contributed by atoms with Crippen molar-refractivity contribution < 1.29 is 13.6 Å². The molecule has 0 radical (unpaired) electrons. The summed E-state index contributed by atoms with van der Waals surface area (Å²) >= 11 is 0. The SMILES string of the molecule is O=C(N[C@H]1C[C@H]2CC[C@@H]1C2)c1cc2ccoc2n1Cc1cccc(F)c1. The molecule has 2 aliphatic carbocycles. The Morgan fingerprint density at radius 1 is 1.23 bits per heavy atom. The lowest BCUT2D eigenvalue weighted by atomic mass is 9.95. The number of rotatable bonds is 4. The van der Waals surface area contributed by atoms with Gasteiger partial charge in [-0.1, -0.05) is 18.6 Å². The van der Waals surface area contributed by atoms with Gasteiger partial charge in [0.05, 0.1) is 12.8 Å². The van der Waals surface area contributed by atoms with E-state index in [4.69, 9.17) is 4.42 Å². The van der Waals surface area contributed by atoms with Gasteiger partial charge in [0.2, 0.25) is 5.71 Å². The number of halogens is 1. The maximum atomic E-state index is 13.6. The maximum absolute atomic E-state index is 13.6. The first-order valence-electron chi connectivity index (χ1n) is 9.29. The monoisotopic (exact) mass is 352 g/mol. The summed E-state index contributed by atoms with van der Waals surface area (Å²) in [6, 6.07) is 10.5. The normalized spacial score (nSPS) is 24.4. The average Bonchev–Trinajstić information content (AvgIpc) is 3.37. The van der Waals surface area contributed by atoms with Crippen LogP contribution in [0.3, 0.4) is 0 Å². The number of hydrogen-bond donors (Lipinski definition) is 1. The highest BCUT2D eigenvalue weighted by molar-refractivity contribution is 5.98. The Bertz CT molecular complexity index is 973. The molecule has 2 bridgehead atoms. The van der Waals surface area contributed by atoms with E-state index in [9.17, 15) is 9.18 Å². The lowest BCUT2D eigenvalue weighted by Gasteiger charge is -2.23. The van der Waals surface area contributed by atoms with Gasteiger partial charge in [0, 0.05) is 11.4 Å². The molecule has 5 heteroatoms. The van der Waals surface area contributed by atoms with Crippen molar-refractivity contribution in [1.82, 2.24) is 9.88 Å². The Kier molecular flexibility index (Phi) is 3.62. The fourth-order valence-corrected chi connectivity index (χ4v) is 4.80. The van der Waals surface area contributed by atoms with Crippen molar-refractivity contribution in [3.8, 4) is 0 Å². The second kappa shape index (κ2) is 6.01. The minimum absolute atomic E-state index is 0.0645. The highest BCUT2D eigenvalue weighted by Gasteiger charge is 2.40. The van der Waals surface area contributed by atoms with Crippen LogP contribution in [0.1, 0.15) is 41.7 Å². The van der Waals surface area contributed by atoms with E-state index < -0.39 is 0 Å². The number of carbonyl (C=O) groups is 1. The van der Waals surface area contributed by atoms with E-state index in [0.29, 0.717) is 23.9 Å². The van der Waals surface area contributed by atoms with Crippen molar-refractivity contribution in [2.45, 2.75) is 38.3 Å². The summed E-state index contributed by atoms with van der Waals surface area (Å²) in [6.45, 7) is 0.397. The Labute approximate surface area is 151 Å². The second-order valence-corrected chi connectivity index (χ2v) is 7.68. The molecular weight excluding hydrogens is 331 g/mol. The van der Waals surface area contributed by atoms with Gasteiger partial charge in [0.1, 0.15) is 11.5 Å². The number of fused-ring (bicyclic) bond motifs is 3. The molecule has 1 N–H and O–H groups in total. The van der Waals surface area contributed by atoms with Crippen molar-refractivity contribution >= 4 is 17.0 Å². The zero-order valence-corrected chi connectivity index (χ0v) is 14.5.